The zero-order chi connectivity index (χ0) is 12.3. The van der Waals surface area contributed by atoms with Crippen LogP contribution in [0.2, 0.25) is 0 Å². The lowest BCUT2D eigenvalue weighted by Crippen LogP contribution is -2.10. The van der Waals surface area contributed by atoms with Crippen molar-refractivity contribution in [3.8, 4) is 0 Å². The SMILES string of the molecule is Cc1cc(=O)[nH]c(N/N=C/c2cc(Br)cs2)n1. The third kappa shape index (κ3) is 3.50. The highest BCUT2D eigenvalue weighted by Gasteiger charge is 1.96. The first-order valence-electron chi connectivity index (χ1n) is 4.74. The number of hydrogen-bond donors (Lipinski definition) is 2. The van der Waals surface area contributed by atoms with E-state index in [1.807, 2.05) is 11.4 Å². The molecule has 0 saturated heterocycles. The number of anilines is 1. The van der Waals surface area contributed by atoms with Gasteiger partial charge in [0.15, 0.2) is 0 Å². The van der Waals surface area contributed by atoms with Gasteiger partial charge in [-0.2, -0.15) is 5.10 Å². The maximum absolute atomic E-state index is 11.2. The molecule has 2 rings (SSSR count). The molecule has 0 aromatic carbocycles. The summed E-state index contributed by atoms with van der Waals surface area (Å²) < 4.78 is 1.02. The zero-order valence-corrected chi connectivity index (χ0v) is 11.3. The Morgan fingerprint density at radius 2 is 2.41 bits per heavy atom. The highest BCUT2D eigenvalue weighted by Crippen LogP contribution is 2.17. The van der Waals surface area contributed by atoms with Crippen molar-refractivity contribution in [2.75, 3.05) is 5.43 Å². The van der Waals surface area contributed by atoms with Crippen LogP contribution in [-0.2, 0) is 0 Å². The fourth-order valence-electron chi connectivity index (χ4n) is 1.19. The van der Waals surface area contributed by atoms with Crippen molar-refractivity contribution in [1.82, 2.24) is 9.97 Å². The van der Waals surface area contributed by atoms with E-state index in [1.54, 1.807) is 24.5 Å². The number of H-pyrrole nitrogens is 1. The quantitative estimate of drug-likeness (QED) is 0.675. The normalized spacial score (nSPS) is 10.9. The molecular formula is C10H9BrN4OS. The average molecular weight is 313 g/mol. The fourth-order valence-corrected chi connectivity index (χ4v) is 2.49. The van der Waals surface area contributed by atoms with Crippen LogP contribution >= 0.6 is 27.3 Å². The minimum atomic E-state index is -0.200. The minimum Gasteiger partial charge on any atom is -0.291 e. The van der Waals surface area contributed by atoms with Crippen molar-refractivity contribution in [2.24, 2.45) is 5.10 Å². The Bertz CT molecular complexity index is 604. The number of hydrazone groups is 1. The van der Waals surface area contributed by atoms with Gasteiger partial charge in [0.2, 0.25) is 5.95 Å². The summed E-state index contributed by atoms with van der Waals surface area (Å²) >= 11 is 4.92. The summed E-state index contributed by atoms with van der Waals surface area (Å²) in [5.41, 5.74) is 3.12. The first-order valence-corrected chi connectivity index (χ1v) is 6.42. The molecule has 2 aromatic heterocycles. The Hall–Kier alpha value is -1.47. The Balaban J connectivity index is 2.07. The summed E-state index contributed by atoms with van der Waals surface area (Å²) in [6.45, 7) is 1.75. The number of nitrogens with zero attached hydrogens (tertiary/aromatic N) is 2. The van der Waals surface area contributed by atoms with Crippen LogP contribution in [-0.4, -0.2) is 16.2 Å². The summed E-state index contributed by atoms with van der Waals surface area (Å²) in [6, 6.07) is 3.37. The van der Waals surface area contributed by atoms with E-state index in [2.05, 4.69) is 36.4 Å². The maximum Gasteiger partial charge on any atom is 0.252 e. The second kappa shape index (κ2) is 5.24. The lowest BCUT2D eigenvalue weighted by Gasteiger charge is -1.98. The molecule has 17 heavy (non-hydrogen) atoms. The smallest absolute Gasteiger partial charge is 0.252 e. The van der Waals surface area contributed by atoms with E-state index >= 15 is 0 Å². The van der Waals surface area contributed by atoms with Crippen molar-refractivity contribution in [3.63, 3.8) is 0 Å². The fraction of sp³-hybridized carbons (Fsp3) is 0.100. The summed E-state index contributed by atoms with van der Waals surface area (Å²) in [5.74, 6) is 0.335. The van der Waals surface area contributed by atoms with E-state index in [4.69, 9.17) is 0 Å². The van der Waals surface area contributed by atoms with Crippen molar-refractivity contribution in [3.05, 3.63) is 42.9 Å². The van der Waals surface area contributed by atoms with Gasteiger partial charge in [0.1, 0.15) is 0 Å². The van der Waals surface area contributed by atoms with Crippen LogP contribution in [0.25, 0.3) is 0 Å². The van der Waals surface area contributed by atoms with Gasteiger partial charge in [-0.05, 0) is 28.9 Å². The third-order valence-electron chi connectivity index (χ3n) is 1.82. The van der Waals surface area contributed by atoms with Gasteiger partial charge in [0.05, 0.1) is 6.21 Å². The number of nitrogens with one attached hydrogen (secondary N) is 2. The molecule has 0 spiro atoms. The van der Waals surface area contributed by atoms with Gasteiger partial charge in [0.25, 0.3) is 5.56 Å². The standard InChI is InChI=1S/C10H9BrN4OS/c1-6-2-9(16)14-10(13-6)15-12-4-8-3-7(11)5-17-8/h2-5H,1H3,(H2,13,14,15,16)/b12-4+. The zero-order valence-electron chi connectivity index (χ0n) is 8.90. The molecule has 0 atom stereocenters. The summed E-state index contributed by atoms with van der Waals surface area (Å²) in [5, 5.41) is 5.96. The highest BCUT2D eigenvalue weighted by molar-refractivity contribution is 9.10. The van der Waals surface area contributed by atoms with E-state index < -0.39 is 0 Å². The largest absolute Gasteiger partial charge is 0.291 e. The number of aromatic amines is 1. The van der Waals surface area contributed by atoms with Crippen LogP contribution in [0.4, 0.5) is 5.95 Å². The predicted molar refractivity (Wildman–Crippen MR) is 72.8 cm³/mol. The Labute approximate surface area is 110 Å². The van der Waals surface area contributed by atoms with Gasteiger partial charge in [-0.1, -0.05) is 0 Å². The molecule has 5 nitrogen and oxygen atoms in total. The number of aromatic nitrogens is 2. The van der Waals surface area contributed by atoms with Crippen LogP contribution < -0.4 is 11.0 Å². The third-order valence-corrected chi connectivity index (χ3v) is 3.45. The van der Waals surface area contributed by atoms with Crippen LogP contribution in [0.3, 0.4) is 0 Å². The molecule has 0 fully saturated rings. The maximum atomic E-state index is 11.2. The van der Waals surface area contributed by atoms with E-state index in [1.165, 1.54) is 6.07 Å². The van der Waals surface area contributed by atoms with Gasteiger partial charge in [-0.25, -0.2) is 10.4 Å². The van der Waals surface area contributed by atoms with E-state index in [9.17, 15) is 4.79 Å². The number of thiophene rings is 1. The van der Waals surface area contributed by atoms with E-state index in [-0.39, 0.29) is 5.56 Å². The van der Waals surface area contributed by atoms with Crippen LogP contribution in [0.1, 0.15) is 10.6 Å². The summed E-state index contributed by atoms with van der Waals surface area (Å²) in [4.78, 5) is 18.8. The van der Waals surface area contributed by atoms with Crippen molar-refractivity contribution >= 4 is 39.4 Å². The Morgan fingerprint density at radius 3 is 3.06 bits per heavy atom. The summed E-state index contributed by atoms with van der Waals surface area (Å²) in [6.07, 6.45) is 1.66. The van der Waals surface area contributed by atoms with Gasteiger partial charge in [0, 0.05) is 26.5 Å². The van der Waals surface area contributed by atoms with Crippen LogP contribution in [0.5, 0.6) is 0 Å². The van der Waals surface area contributed by atoms with E-state index in [0.717, 1.165) is 9.35 Å². The highest BCUT2D eigenvalue weighted by atomic mass is 79.9. The molecule has 0 radical (unpaired) electrons. The molecule has 0 aliphatic heterocycles. The summed E-state index contributed by atoms with van der Waals surface area (Å²) in [7, 11) is 0. The molecule has 2 N–H and O–H groups in total. The molecule has 2 aromatic rings. The second-order valence-electron chi connectivity index (χ2n) is 3.27. The van der Waals surface area contributed by atoms with E-state index in [0.29, 0.717) is 11.6 Å². The Kier molecular flexibility index (Phi) is 3.70. The van der Waals surface area contributed by atoms with Crippen molar-refractivity contribution < 1.29 is 0 Å². The van der Waals surface area contributed by atoms with Crippen molar-refractivity contribution in [1.29, 1.82) is 0 Å². The van der Waals surface area contributed by atoms with Gasteiger partial charge in [-0.15, -0.1) is 11.3 Å². The van der Waals surface area contributed by atoms with Gasteiger partial charge >= 0.3 is 0 Å². The molecule has 0 aliphatic carbocycles. The molecule has 2 heterocycles. The first kappa shape index (κ1) is 12.0. The topological polar surface area (TPSA) is 70.1 Å². The van der Waals surface area contributed by atoms with Gasteiger partial charge in [-0.3, -0.25) is 9.78 Å². The number of rotatable bonds is 3. The molecule has 0 bridgehead atoms. The van der Waals surface area contributed by atoms with Crippen molar-refractivity contribution in [2.45, 2.75) is 6.92 Å². The lowest BCUT2D eigenvalue weighted by atomic mass is 10.4. The molecular weight excluding hydrogens is 304 g/mol. The Morgan fingerprint density at radius 1 is 1.59 bits per heavy atom. The lowest BCUT2D eigenvalue weighted by molar-refractivity contribution is 1.04. The number of halogens is 1. The van der Waals surface area contributed by atoms with Crippen LogP contribution in [0, 0.1) is 6.92 Å². The minimum absolute atomic E-state index is 0.200. The molecule has 7 heteroatoms. The second-order valence-corrected chi connectivity index (χ2v) is 5.13. The van der Waals surface area contributed by atoms with Gasteiger partial charge < -0.3 is 0 Å². The molecule has 88 valence electrons. The average Bonchev–Trinajstić information content (AvgIpc) is 2.63. The molecule has 0 saturated carbocycles. The van der Waals surface area contributed by atoms with Crippen LogP contribution in [0.15, 0.2) is 31.9 Å². The first-order chi connectivity index (χ1) is 8.13. The monoisotopic (exact) mass is 312 g/mol. The molecule has 0 amide bonds. The predicted octanol–water partition coefficient (Wildman–Crippen LogP) is 2.35. The number of aryl methyl sites for hydroxylation is 1. The number of hydrogen-bond acceptors (Lipinski definition) is 5. The molecule has 0 aliphatic rings. The molecule has 0 unspecified atom stereocenters.